The van der Waals surface area contributed by atoms with E-state index < -0.39 is 7.14 Å². The Kier molecular flexibility index (Phi) is 13.3. The van der Waals surface area contributed by atoms with Gasteiger partial charge in [-0.3, -0.25) is 9.59 Å². The summed E-state index contributed by atoms with van der Waals surface area (Å²) in [5, 5.41) is 0. The second-order valence-corrected chi connectivity index (χ2v) is 18.7. The van der Waals surface area contributed by atoms with Crippen LogP contribution in [0.15, 0.2) is 72.3 Å². The van der Waals surface area contributed by atoms with E-state index in [2.05, 4.69) is 32.1 Å². The van der Waals surface area contributed by atoms with Gasteiger partial charge in [0.15, 0.2) is 0 Å². The number of benzene rings is 2. The van der Waals surface area contributed by atoms with Crippen LogP contribution in [0.4, 0.5) is 0 Å². The Bertz CT molecular complexity index is 1390. The molecule has 2 amide bonds. The quantitative estimate of drug-likeness (QED) is 0.169. The highest BCUT2D eigenvalue weighted by Crippen LogP contribution is 2.47. The van der Waals surface area contributed by atoms with Gasteiger partial charge in [0.05, 0.1) is 12.8 Å². The monoisotopic (exact) mass is 660 g/mol. The molecule has 2 heterocycles. The summed E-state index contributed by atoms with van der Waals surface area (Å²) in [7, 11) is -2.30. The first-order chi connectivity index (χ1) is 22.4. The fourth-order valence-electron chi connectivity index (χ4n) is 7.42. The van der Waals surface area contributed by atoms with Crippen LogP contribution < -0.4 is 0 Å². The summed E-state index contributed by atoms with van der Waals surface area (Å²) in [6.45, 7) is 10.8. The van der Waals surface area contributed by atoms with Crippen molar-refractivity contribution in [3.63, 3.8) is 0 Å². The first-order valence-corrected chi connectivity index (χ1v) is 20.5. The molecule has 0 aromatic heterocycles. The molecule has 4 fully saturated rings. The van der Waals surface area contributed by atoms with Crippen LogP contribution in [0.5, 0.6) is 0 Å². The minimum absolute atomic E-state index is 0.0399. The van der Waals surface area contributed by atoms with Crippen LogP contribution in [0.2, 0.25) is 0 Å². The van der Waals surface area contributed by atoms with Gasteiger partial charge in [0.1, 0.15) is 6.29 Å². The molecule has 47 heavy (non-hydrogen) atoms. The zero-order valence-corrected chi connectivity index (χ0v) is 30.2. The topological polar surface area (TPSA) is 74.8 Å². The number of amides is 2. The fourth-order valence-corrected chi connectivity index (χ4v) is 8.85. The van der Waals surface area contributed by atoms with Crippen LogP contribution in [0.25, 0.3) is 0 Å². The minimum Gasteiger partial charge on any atom is -0.338 e. The predicted octanol–water partition coefficient (Wildman–Crippen LogP) is 8.88. The Morgan fingerprint density at radius 3 is 1.66 bits per heavy atom. The Labute approximate surface area is 283 Å². The highest BCUT2D eigenvalue weighted by Gasteiger charge is 2.39. The number of carbonyl (C=O) groups excluding carboxylic acids is 3. The normalized spacial score (nSPS) is 23.1. The number of carbonyl (C=O) groups is 3. The van der Waals surface area contributed by atoms with Crippen LogP contribution in [-0.4, -0.2) is 60.0 Å². The number of aldehydes is 1. The van der Waals surface area contributed by atoms with E-state index in [1.807, 2.05) is 58.3 Å². The Morgan fingerprint density at radius 2 is 1.21 bits per heavy atom. The SMILES string of the molecule is CC1(C=C2CCN(Cc3ccccc3)C2=O)CCCCC1.CC1(C=O)CCCCC1.CP(C)(=O)C1CCN(Cc2ccccc2)C1=O. The van der Waals surface area contributed by atoms with Gasteiger partial charge >= 0.3 is 0 Å². The maximum absolute atomic E-state index is 12.6. The molecular formula is C40H57N2O4P. The Hall–Kier alpha value is -2.98. The molecular weight excluding hydrogens is 603 g/mol. The van der Waals surface area contributed by atoms with Crippen molar-refractivity contribution in [2.75, 3.05) is 26.4 Å². The van der Waals surface area contributed by atoms with E-state index in [0.29, 0.717) is 6.54 Å². The van der Waals surface area contributed by atoms with Gasteiger partial charge < -0.3 is 19.2 Å². The molecule has 256 valence electrons. The molecule has 2 saturated carbocycles. The zero-order chi connectivity index (χ0) is 33.9. The average molecular weight is 661 g/mol. The van der Waals surface area contributed by atoms with E-state index in [1.165, 1.54) is 56.9 Å². The van der Waals surface area contributed by atoms with E-state index in [-0.39, 0.29) is 28.3 Å². The summed E-state index contributed by atoms with van der Waals surface area (Å²) in [5.74, 6) is 0.313. The molecule has 6 nitrogen and oxygen atoms in total. The van der Waals surface area contributed by atoms with Crippen molar-refractivity contribution in [2.45, 2.75) is 110 Å². The van der Waals surface area contributed by atoms with Crippen molar-refractivity contribution < 1.29 is 18.9 Å². The van der Waals surface area contributed by atoms with Crippen molar-refractivity contribution >= 4 is 25.2 Å². The lowest BCUT2D eigenvalue weighted by atomic mass is 9.74. The van der Waals surface area contributed by atoms with E-state index in [4.69, 9.17) is 0 Å². The number of nitrogens with zero attached hydrogens (tertiary/aromatic N) is 2. The van der Waals surface area contributed by atoms with Crippen molar-refractivity contribution in [3.05, 3.63) is 83.4 Å². The third-order valence-electron chi connectivity index (χ3n) is 10.5. The summed E-state index contributed by atoms with van der Waals surface area (Å²) in [4.78, 5) is 39.0. The minimum atomic E-state index is -2.30. The van der Waals surface area contributed by atoms with Gasteiger partial charge in [-0.1, -0.05) is 119 Å². The van der Waals surface area contributed by atoms with Gasteiger partial charge in [-0.2, -0.15) is 0 Å². The number of hydrogen-bond acceptors (Lipinski definition) is 4. The van der Waals surface area contributed by atoms with E-state index in [9.17, 15) is 18.9 Å². The molecule has 1 unspecified atom stereocenters. The molecule has 0 spiro atoms. The summed E-state index contributed by atoms with van der Waals surface area (Å²) in [5.41, 5.74) is 3.44. The number of rotatable bonds is 7. The second kappa shape index (κ2) is 16.9. The molecule has 1 atom stereocenters. The fraction of sp³-hybridized carbons (Fsp3) is 0.575. The summed E-state index contributed by atoms with van der Waals surface area (Å²) in [6, 6.07) is 20.2. The molecule has 4 aliphatic rings. The molecule has 0 N–H and O–H groups in total. The summed E-state index contributed by atoms with van der Waals surface area (Å²) in [6.07, 6.45) is 17.6. The molecule has 2 aliphatic carbocycles. The van der Waals surface area contributed by atoms with Gasteiger partial charge in [-0.05, 0) is 68.4 Å². The summed E-state index contributed by atoms with van der Waals surface area (Å²) >= 11 is 0. The maximum atomic E-state index is 12.6. The second-order valence-electron chi connectivity index (χ2n) is 15.2. The molecule has 2 saturated heterocycles. The lowest BCUT2D eigenvalue weighted by molar-refractivity contribution is -0.128. The third kappa shape index (κ3) is 11.0. The zero-order valence-electron chi connectivity index (χ0n) is 29.3. The maximum Gasteiger partial charge on any atom is 0.249 e. The molecule has 2 aliphatic heterocycles. The molecule has 7 heteroatoms. The van der Waals surface area contributed by atoms with Crippen molar-refractivity contribution in [1.29, 1.82) is 0 Å². The molecule has 6 rings (SSSR count). The molecule has 0 radical (unpaired) electrons. The molecule has 2 aromatic carbocycles. The lowest BCUT2D eigenvalue weighted by Gasteiger charge is -2.31. The Morgan fingerprint density at radius 1 is 0.723 bits per heavy atom. The highest BCUT2D eigenvalue weighted by atomic mass is 31.2. The van der Waals surface area contributed by atoms with Crippen LogP contribution in [0, 0.1) is 10.8 Å². The van der Waals surface area contributed by atoms with Crippen LogP contribution in [0.3, 0.4) is 0 Å². The van der Waals surface area contributed by atoms with E-state index in [0.717, 1.165) is 62.7 Å². The average Bonchev–Trinajstić information content (AvgIpc) is 3.60. The first-order valence-electron chi connectivity index (χ1n) is 17.8. The third-order valence-corrected chi connectivity index (χ3v) is 12.4. The van der Waals surface area contributed by atoms with Crippen molar-refractivity contribution in [3.8, 4) is 0 Å². The smallest absolute Gasteiger partial charge is 0.249 e. The van der Waals surface area contributed by atoms with Crippen LogP contribution >= 0.6 is 7.14 Å². The number of likely N-dealkylation sites (tertiary alicyclic amines) is 2. The molecule has 0 bridgehead atoms. The summed E-state index contributed by atoms with van der Waals surface area (Å²) < 4.78 is 12.0. The predicted molar refractivity (Wildman–Crippen MR) is 193 cm³/mol. The van der Waals surface area contributed by atoms with E-state index in [1.54, 1.807) is 13.3 Å². The van der Waals surface area contributed by atoms with Gasteiger partial charge in [-0.15, -0.1) is 0 Å². The van der Waals surface area contributed by atoms with Crippen LogP contribution in [-0.2, 0) is 32.0 Å². The van der Waals surface area contributed by atoms with E-state index >= 15 is 0 Å². The lowest BCUT2D eigenvalue weighted by Crippen LogP contribution is -2.28. The standard InChI is InChI=1S/C19H25NO.C13H18NO2P.C8H14O/c1-19(11-6-3-7-12-19)14-17-10-13-20(18(17)21)15-16-8-4-2-5-9-16;1-17(2,16)12-8-9-14(13(12)15)10-11-6-4-3-5-7-11;1-8(7-9)5-3-2-4-6-8/h2,4-5,8-9,14H,3,6-7,10-13,15H2,1H3;3-7,12H,8-10H2,1-2H3;7H,2-6H2,1H3. The van der Waals surface area contributed by atoms with Crippen LogP contribution in [0.1, 0.15) is 102 Å². The van der Waals surface area contributed by atoms with Crippen molar-refractivity contribution in [2.24, 2.45) is 10.8 Å². The van der Waals surface area contributed by atoms with Gasteiger partial charge in [-0.25, -0.2) is 0 Å². The first kappa shape index (κ1) is 36.8. The number of hydrogen-bond donors (Lipinski definition) is 0. The Balaban J connectivity index is 0.000000172. The highest BCUT2D eigenvalue weighted by molar-refractivity contribution is 7.64. The largest absolute Gasteiger partial charge is 0.338 e. The number of allylic oxidation sites excluding steroid dienone is 1. The van der Waals surface area contributed by atoms with Gasteiger partial charge in [0, 0.05) is 37.2 Å². The van der Waals surface area contributed by atoms with Gasteiger partial charge in [0.2, 0.25) is 11.8 Å². The molecule has 2 aromatic rings. The van der Waals surface area contributed by atoms with Crippen molar-refractivity contribution in [1.82, 2.24) is 9.80 Å². The van der Waals surface area contributed by atoms with Gasteiger partial charge in [0.25, 0.3) is 0 Å².